The maximum atomic E-state index is 6.03. The highest BCUT2D eigenvalue weighted by molar-refractivity contribution is 5.58. The predicted molar refractivity (Wildman–Crippen MR) is 82.4 cm³/mol. The SMILES string of the molecule is COc1ccc(C)cc1COc1c(C)cc(C)cc1N. The molecule has 0 aliphatic rings. The number of nitrogen functional groups attached to an aromatic ring is 1. The van der Waals surface area contributed by atoms with Gasteiger partial charge in [0, 0.05) is 5.56 Å². The van der Waals surface area contributed by atoms with E-state index in [1.54, 1.807) is 7.11 Å². The molecule has 106 valence electrons. The van der Waals surface area contributed by atoms with E-state index < -0.39 is 0 Å². The van der Waals surface area contributed by atoms with E-state index in [1.165, 1.54) is 5.56 Å². The van der Waals surface area contributed by atoms with Gasteiger partial charge < -0.3 is 15.2 Å². The van der Waals surface area contributed by atoms with Crippen LogP contribution in [-0.4, -0.2) is 7.11 Å². The van der Waals surface area contributed by atoms with Gasteiger partial charge in [0.25, 0.3) is 0 Å². The van der Waals surface area contributed by atoms with Gasteiger partial charge in [-0.25, -0.2) is 0 Å². The first-order chi connectivity index (χ1) is 9.51. The number of anilines is 1. The van der Waals surface area contributed by atoms with E-state index in [4.69, 9.17) is 15.2 Å². The molecule has 0 unspecified atom stereocenters. The van der Waals surface area contributed by atoms with Gasteiger partial charge in [-0.1, -0.05) is 17.7 Å². The molecule has 2 aromatic rings. The maximum Gasteiger partial charge on any atom is 0.145 e. The molecule has 0 atom stereocenters. The molecule has 0 aliphatic carbocycles. The van der Waals surface area contributed by atoms with Crippen LogP contribution in [0.5, 0.6) is 11.5 Å². The van der Waals surface area contributed by atoms with Crippen LogP contribution in [0.2, 0.25) is 0 Å². The molecular formula is C17H21NO2. The number of aryl methyl sites for hydroxylation is 3. The average Bonchev–Trinajstić information content (AvgIpc) is 2.37. The first-order valence-electron chi connectivity index (χ1n) is 6.64. The Kier molecular flexibility index (Phi) is 4.18. The van der Waals surface area contributed by atoms with Gasteiger partial charge in [-0.3, -0.25) is 0 Å². The third-order valence-electron chi connectivity index (χ3n) is 3.26. The average molecular weight is 271 g/mol. The Morgan fingerprint density at radius 3 is 2.40 bits per heavy atom. The van der Waals surface area contributed by atoms with Crippen LogP contribution < -0.4 is 15.2 Å². The first kappa shape index (κ1) is 14.3. The zero-order chi connectivity index (χ0) is 14.7. The van der Waals surface area contributed by atoms with Crippen molar-refractivity contribution in [2.24, 2.45) is 0 Å². The van der Waals surface area contributed by atoms with Gasteiger partial charge in [0.05, 0.1) is 12.8 Å². The maximum absolute atomic E-state index is 6.03. The van der Waals surface area contributed by atoms with Gasteiger partial charge in [0.15, 0.2) is 0 Å². The van der Waals surface area contributed by atoms with Crippen molar-refractivity contribution in [1.29, 1.82) is 0 Å². The molecular weight excluding hydrogens is 250 g/mol. The molecule has 3 nitrogen and oxygen atoms in total. The molecule has 0 aliphatic heterocycles. The van der Waals surface area contributed by atoms with Crippen molar-refractivity contribution in [3.63, 3.8) is 0 Å². The Hall–Kier alpha value is -2.16. The van der Waals surface area contributed by atoms with Gasteiger partial charge >= 0.3 is 0 Å². The lowest BCUT2D eigenvalue weighted by Gasteiger charge is -2.15. The van der Waals surface area contributed by atoms with Crippen LogP contribution in [0.1, 0.15) is 22.3 Å². The quantitative estimate of drug-likeness (QED) is 0.861. The van der Waals surface area contributed by atoms with E-state index in [0.717, 1.165) is 28.2 Å². The Labute approximate surface area is 120 Å². The zero-order valence-electron chi connectivity index (χ0n) is 12.5. The summed E-state index contributed by atoms with van der Waals surface area (Å²) < 4.78 is 11.3. The van der Waals surface area contributed by atoms with Crippen LogP contribution in [0.3, 0.4) is 0 Å². The van der Waals surface area contributed by atoms with Crippen molar-refractivity contribution in [3.05, 3.63) is 52.6 Å². The van der Waals surface area contributed by atoms with E-state index in [0.29, 0.717) is 12.3 Å². The molecule has 0 heterocycles. The summed E-state index contributed by atoms with van der Waals surface area (Å²) in [5.74, 6) is 1.58. The van der Waals surface area contributed by atoms with Crippen LogP contribution >= 0.6 is 0 Å². The molecule has 0 saturated heterocycles. The van der Waals surface area contributed by atoms with Crippen molar-refractivity contribution in [2.45, 2.75) is 27.4 Å². The molecule has 0 radical (unpaired) electrons. The van der Waals surface area contributed by atoms with Crippen LogP contribution in [0, 0.1) is 20.8 Å². The Morgan fingerprint density at radius 1 is 1.00 bits per heavy atom. The molecule has 20 heavy (non-hydrogen) atoms. The molecule has 0 fully saturated rings. The highest BCUT2D eigenvalue weighted by Crippen LogP contribution is 2.29. The number of hydrogen-bond donors (Lipinski definition) is 1. The summed E-state index contributed by atoms with van der Waals surface area (Å²) in [6, 6.07) is 10.0. The minimum Gasteiger partial charge on any atom is -0.496 e. The van der Waals surface area contributed by atoms with Gasteiger partial charge in [-0.05, 0) is 50.1 Å². The Balaban J connectivity index is 2.23. The van der Waals surface area contributed by atoms with Crippen LogP contribution in [0.4, 0.5) is 5.69 Å². The summed E-state index contributed by atoms with van der Waals surface area (Å²) in [5.41, 5.74) is 11.1. The van der Waals surface area contributed by atoms with Crippen molar-refractivity contribution in [2.75, 3.05) is 12.8 Å². The second-order valence-electron chi connectivity index (χ2n) is 5.10. The summed E-state index contributed by atoms with van der Waals surface area (Å²) in [5, 5.41) is 0. The first-order valence-corrected chi connectivity index (χ1v) is 6.64. The normalized spacial score (nSPS) is 10.4. The molecule has 3 heteroatoms. The summed E-state index contributed by atoms with van der Waals surface area (Å²) in [7, 11) is 1.67. The van der Waals surface area contributed by atoms with Gasteiger partial charge in [-0.15, -0.1) is 0 Å². The molecule has 0 bridgehead atoms. The third kappa shape index (κ3) is 3.05. The number of nitrogens with two attached hydrogens (primary N) is 1. The number of rotatable bonds is 4. The summed E-state index contributed by atoms with van der Waals surface area (Å²) in [6.45, 7) is 6.52. The Bertz CT molecular complexity index is 597. The van der Waals surface area contributed by atoms with Crippen LogP contribution in [0.25, 0.3) is 0 Å². The molecule has 2 rings (SSSR count). The molecule has 0 saturated carbocycles. The lowest BCUT2D eigenvalue weighted by Crippen LogP contribution is -2.03. The topological polar surface area (TPSA) is 44.5 Å². The molecule has 0 aromatic heterocycles. The fourth-order valence-electron chi connectivity index (χ4n) is 2.35. The summed E-state index contributed by atoms with van der Waals surface area (Å²) in [6.07, 6.45) is 0. The largest absolute Gasteiger partial charge is 0.496 e. The fourth-order valence-corrected chi connectivity index (χ4v) is 2.35. The van der Waals surface area contributed by atoms with Crippen molar-refractivity contribution in [3.8, 4) is 11.5 Å². The number of benzene rings is 2. The summed E-state index contributed by atoms with van der Waals surface area (Å²) in [4.78, 5) is 0. The fraction of sp³-hybridized carbons (Fsp3) is 0.294. The Morgan fingerprint density at radius 2 is 1.75 bits per heavy atom. The highest BCUT2D eigenvalue weighted by atomic mass is 16.5. The van der Waals surface area contributed by atoms with E-state index in [9.17, 15) is 0 Å². The van der Waals surface area contributed by atoms with Crippen LogP contribution in [-0.2, 0) is 6.61 Å². The minimum absolute atomic E-state index is 0.443. The standard InChI is InChI=1S/C17H21NO2/c1-11-5-6-16(19-4)14(8-11)10-20-17-13(3)7-12(2)9-15(17)18/h5-9H,10,18H2,1-4H3. The molecule has 2 aromatic carbocycles. The smallest absolute Gasteiger partial charge is 0.145 e. The lowest BCUT2D eigenvalue weighted by atomic mass is 10.1. The second kappa shape index (κ2) is 5.87. The number of methoxy groups -OCH3 is 1. The van der Waals surface area contributed by atoms with Gasteiger partial charge in [-0.2, -0.15) is 0 Å². The zero-order valence-corrected chi connectivity index (χ0v) is 12.5. The minimum atomic E-state index is 0.443. The number of ether oxygens (including phenoxy) is 2. The summed E-state index contributed by atoms with van der Waals surface area (Å²) >= 11 is 0. The van der Waals surface area contributed by atoms with Crippen LogP contribution in [0.15, 0.2) is 30.3 Å². The lowest BCUT2D eigenvalue weighted by molar-refractivity contribution is 0.296. The van der Waals surface area contributed by atoms with E-state index >= 15 is 0 Å². The van der Waals surface area contributed by atoms with Gasteiger partial charge in [0.2, 0.25) is 0 Å². The monoisotopic (exact) mass is 271 g/mol. The molecule has 0 spiro atoms. The second-order valence-corrected chi connectivity index (χ2v) is 5.10. The third-order valence-corrected chi connectivity index (χ3v) is 3.26. The predicted octanol–water partition coefficient (Wildman–Crippen LogP) is 3.78. The van der Waals surface area contributed by atoms with Crippen molar-refractivity contribution < 1.29 is 9.47 Å². The number of hydrogen-bond acceptors (Lipinski definition) is 3. The van der Waals surface area contributed by atoms with E-state index in [2.05, 4.69) is 19.1 Å². The van der Waals surface area contributed by atoms with Crippen molar-refractivity contribution in [1.82, 2.24) is 0 Å². The molecule has 0 amide bonds. The highest BCUT2D eigenvalue weighted by Gasteiger charge is 2.09. The molecule has 2 N–H and O–H groups in total. The van der Waals surface area contributed by atoms with E-state index in [1.807, 2.05) is 32.0 Å². The van der Waals surface area contributed by atoms with E-state index in [-0.39, 0.29) is 0 Å². The van der Waals surface area contributed by atoms with Crippen molar-refractivity contribution >= 4 is 5.69 Å². The van der Waals surface area contributed by atoms with Gasteiger partial charge in [0.1, 0.15) is 18.1 Å².